The Balaban J connectivity index is 2.53. The molecule has 6 N–H and O–H groups in total. The van der Waals surface area contributed by atoms with Crippen LogP contribution in [0.5, 0.6) is 0 Å². The minimum atomic E-state index is -1.41. The van der Waals surface area contributed by atoms with Crippen LogP contribution in [0.3, 0.4) is 0 Å². The van der Waals surface area contributed by atoms with Crippen molar-refractivity contribution in [2.75, 3.05) is 13.2 Å². The summed E-state index contributed by atoms with van der Waals surface area (Å²) in [6.45, 7) is -0.514. The number of aliphatic hydroxyl groups excluding tert-OH is 6. The average molecular weight is 266 g/mol. The molecule has 0 aromatic rings. The Morgan fingerprint density at radius 2 is 1.56 bits per heavy atom. The zero-order chi connectivity index (χ0) is 13.7. The van der Waals surface area contributed by atoms with Gasteiger partial charge in [0.2, 0.25) is 0 Å². The van der Waals surface area contributed by atoms with E-state index in [-0.39, 0.29) is 13.0 Å². The highest BCUT2D eigenvalue weighted by molar-refractivity contribution is 4.92. The molecule has 1 aliphatic heterocycles. The molecule has 0 spiro atoms. The summed E-state index contributed by atoms with van der Waals surface area (Å²) in [7, 11) is 0. The van der Waals surface area contributed by atoms with E-state index in [0.717, 1.165) is 0 Å². The lowest BCUT2D eigenvalue weighted by atomic mass is 9.91. The monoisotopic (exact) mass is 266 g/mol. The predicted octanol–water partition coefficient (Wildman–Crippen LogP) is -2.65. The van der Waals surface area contributed by atoms with Gasteiger partial charge in [-0.25, -0.2) is 0 Å². The fourth-order valence-corrected chi connectivity index (χ4v) is 2.09. The van der Waals surface area contributed by atoms with Crippen molar-refractivity contribution in [1.29, 1.82) is 0 Å². The second-order valence-electron chi connectivity index (χ2n) is 4.62. The lowest BCUT2D eigenvalue weighted by Crippen LogP contribution is -2.59. The van der Waals surface area contributed by atoms with Gasteiger partial charge < -0.3 is 35.4 Å². The van der Waals surface area contributed by atoms with E-state index >= 15 is 0 Å². The number of hydrogen-bond donors (Lipinski definition) is 6. The number of hydrogen-bond acceptors (Lipinski definition) is 7. The van der Waals surface area contributed by atoms with Crippen molar-refractivity contribution in [2.45, 2.75) is 55.9 Å². The third-order valence-electron chi connectivity index (χ3n) is 3.19. The first-order valence-electron chi connectivity index (χ1n) is 6.10. The van der Waals surface area contributed by atoms with E-state index in [1.807, 2.05) is 0 Å². The molecule has 0 aromatic heterocycles. The first-order chi connectivity index (χ1) is 8.51. The second kappa shape index (κ2) is 7.34. The Morgan fingerprint density at radius 3 is 2.11 bits per heavy atom. The van der Waals surface area contributed by atoms with Gasteiger partial charge in [0.25, 0.3) is 0 Å². The highest BCUT2D eigenvalue weighted by atomic mass is 16.5. The molecule has 1 rings (SSSR count). The maximum absolute atomic E-state index is 9.72. The van der Waals surface area contributed by atoms with Crippen LogP contribution in [-0.2, 0) is 4.74 Å². The van der Waals surface area contributed by atoms with Crippen molar-refractivity contribution in [2.24, 2.45) is 0 Å². The fourth-order valence-electron chi connectivity index (χ4n) is 2.09. The van der Waals surface area contributed by atoms with E-state index < -0.39 is 43.2 Å². The van der Waals surface area contributed by atoms with Gasteiger partial charge in [-0.2, -0.15) is 0 Å². The summed E-state index contributed by atoms with van der Waals surface area (Å²) in [5.74, 6) is 0. The summed E-state index contributed by atoms with van der Waals surface area (Å²) in [6, 6.07) is 0. The molecular weight excluding hydrogens is 244 g/mol. The molecule has 1 aliphatic rings. The van der Waals surface area contributed by atoms with Crippen LogP contribution in [0.4, 0.5) is 0 Å². The van der Waals surface area contributed by atoms with Gasteiger partial charge in [0.05, 0.1) is 18.8 Å². The van der Waals surface area contributed by atoms with Crippen molar-refractivity contribution in [3.8, 4) is 0 Å². The van der Waals surface area contributed by atoms with E-state index in [1.54, 1.807) is 0 Å². The van der Waals surface area contributed by atoms with E-state index in [1.165, 1.54) is 0 Å². The highest BCUT2D eigenvalue weighted by Gasteiger charge is 2.43. The fraction of sp³-hybridized carbons (Fsp3) is 1.00. The van der Waals surface area contributed by atoms with Crippen LogP contribution in [0.2, 0.25) is 0 Å². The van der Waals surface area contributed by atoms with Crippen molar-refractivity contribution >= 4 is 0 Å². The van der Waals surface area contributed by atoms with Gasteiger partial charge in [0, 0.05) is 13.0 Å². The van der Waals surface area contributed by atoms with E-state index in [2.05, 4.69) is 0 Å². The summed E-state index contributed by atoms with van der Waals surface area (Å²) < 4.78 is 5.25. The molecule has 7 nitrogen and oxygen atoms in total. The Kier molecular flexibility index (Phi) is 6.44. The summed E-state index contributed by atoms with van der Waals surface area (Å²) in [5, 5.41) is 56.1. The van der Waals surface area contributed by atoms with Crippen LogP contribution >= 0.6 is 0 Å². The smallest absolute Gasteiger partial charge is 0.111 e. The van der Waals surface area contributed by atoms with Gasteiger partial charge in [-0.15, -0.1) is 0 Å². The van der Waals surface area contributed by atoms with Crippen LogP contribution in [-0.4, -0.2) is 80.5 Å². The normalized spacial score (nSPS) is 38.7. The van der Waals surface area contributed by atoms with Crippen LogP contribution in [0.15, 0.2) is 0 Å². The first kappa shape index (κ1) is 15.8. The van der Waals surface area contributed by atoms with Crippen LogP contribution in [0.1, 0.15) is 19.3 Å². The minimum Gasteiger partial charge on any atom is -0.396 e. The summed E-state index contributed by atoms with van der Waals surface area (Å²) in [4.78, 5) is 0. The Labute approximate surface area is 105 Å². The summed E-state index contributed by atoms with van der Waals surface area (Å²) >= 11 is 0. The minimum absolute atomic E-state index is 0.0360. The molecule has 1 heterocycles. The average Bonchev–Trinajstić information content (AvgIpc) is 2.37. The van der Waals surface area contributed by atoms with Gasteiger partial charge >= 0.3 is 0 Å². The zero-order valence-corrected chi connectivity index (χ0v) is 10.1. The van der Waals surface area contributed by atoms with E-state index in [0.29, 0.717) is 12.8 Å². The molecule has 7 heteroatoms. The van der Waals surface area contributed by atoms with Gasteiger partial charge in [0.1, 0.15) is 24.4 Å². The molecule has 108 valence electrons. The predicted molar refractivity (Wildman–Crippen MR) is 60.7 cm³/mol. The zero-order valence-electron chi connectivity index (χ0n) is 10.1. The Hall–Kier alpha value is -0.280. The third kappa shape index (κ3) is 3.86. The van der Waals surface area contributed by atoms with Gasteiger partial charge in [-0.3, -0.25) is 0 Å². The van der Waals surface area contributed by atoms with Crippen molar-refractivity contribution < 1.29 is 35.4 Å². The third-order valence-corrected chi connectivity index (χ3v) is 3.19. The molecular formula is C11H22O7. The highest BCUT2D eigenvalue weighted by Crippen LogP contribution is 2.24. The molecule has 0 bridgehead atoms. The molecule has 0 amide bonds. The topological polar surface area (TPSA) is 131 Å². The Bertz CT molecular complexity index is 235. The van der Waals surface area contributed by atoms with Crippen molar-refractivity contribution in [3.63, 3.8) is 0 Å². The molecule has 1 saturated heterocycles. The molecule has 0 saturated carbocycles. The summed E-state index contributed by atoms with van der Waals surface area (Å²) in [6.07, 6.45) is -5.83. The van der Waals surface area contributed by atoms with E-state index in [4.69, 9.17) is 14.9 Å². The standard InChI is InChI=1S/C11H22O7/c12-3-1-2-6(14)4-7-9(15)11(17)10(16)8(5-13)18-7/h6-17H,1-5H2/t6?,7?,8-,9+,10-,11-/m1/s1. The maximum Gasteiger partial charge on any atom is 0.111 e. The molecule has 18 heavy (non-hydrogen) atoms. The molecule has 0 radical (unpaired) electrons. The molecule has 0 aliphatic carbocycles. The molecule has 1 fully saturated rings. The summed E-state index contributed by atoms with van der Waals surface area (Å²) in [5.41, 5.74) is 0. The van der Waals surface area contributed by atoms with Crippen LogP contribution < -0.4 is 0 Å². The maximum atomic E-state index is 9.72. The quantitative estimate of drug-likeness (QED) is 0.309. The number of rotatable bonds is 6. The van der Waals surface area contributed by atoms with Crippen LogP contribution in [0, 0.1) is 0 Å². The molecule has 0 aromatic carbocycles. The molecule has 2 unspecified atom stereocenters. The van der Waals surface area contributed by atoms with E-state index in [9.17, 15) is 20.4 Å². The van der Waals surface area contributed by atoms with Gasteiger partial charge in [-0.1, -0.05) is 0 Å². The SMILES string of the molecule is OCCCC(O)CC1O[C@H](CO)[C@@H](O)[C@H](O)[C@H]1O. The first-order valence-corrected chi connectivity index (χ1v) is 6.10. The second-order valence-corrected chi connectivity index (χ2v) is 4.62. The number of aliphatic hydroxyl groups is 6. The number of ether oxygens (including phenoxy) is 1. The van der Waals surface area contributed by atoms with Gasteiger partial charge in [-0.05, 0) is 12.8 Å². The van der Waals surface area contributed by atoms with Crippen molar-refractivity contribution in [1.82, 2.24) is 0 Å². The van der Waals surface area contributed by atoms with Gasteiger partial charge in [0.15, 0.2) is 0 Å². The lowest BCUT2D eigenvalue weighted by Gasteiger charge is -2.40. The van der Waals surface area contributed by atoms with Crippen molar-refractivity contribution in [3.05, 3.63) is 0 Å². The largest absolute Gasteiger partial charge is 0.396 e. The molecule has 6 atom stereocenters. The lowest BCUT2D eigenvalue weighted by molar-refractivity contribution is -0.234. The van der Waals surface area contributed by atoms with Crippen LogP contribution in [0.25, 0.3) is 0 Å². The Morgan fingerprint density at radius 1 is 0.944 bits per heavy atom.